The second-order valence-electron chi connectivity index (χ2n) is 4.61. The molecule has 4 nitrogen and oxygen atoms in total. The van der Waals surface area contributed by atoms with Gasteiger partial charge in [0.25, 0.3) is 0 Å². The standard InChI is InChI=1S/C14H9F4N3O/c15-9-2-1-6(5-8(9)14(16,17)18)11-12-7(3-4-21-11)10(19)13(20)22-12/h1-5H,19-20H2. The van der Waals surface area contributed by atoms with E-state index in [0.717, 1.165) is 6.07 Å². The Kier molecular flexibility index (Phi) is 2.98. The number of nitrogens with zero attached hydrogens (tertiary/aromatic N) is 1. The Morgan fingerprint density at radius 1 is 1.09 bits per heavy atom. The average Bonchev–Trinajstić information content (AvgIpc) is 2.74. The molecule has 0 bridgehead atoms. The molecule has 0 aliphatic carbocycles. The monoisotopic (exact) mass is 311 g/mol. The molecule has 3 rings (SSSR count). The van der Waals surface area contributed by atoms with Crippen LogP contribution < -0.4 is 11.5 Å². The number of halogens is 4. The van der Waals surface area contributed by atoms with Crippen molar-refractivity contribution in [2.24, 2.45) is 0 Å². The smallest absolute Gasteiger partial charge is 0.419 e. The molecule has 0 saturated carbocycles. The lowest BCUT2D eigenvalue weighted by molar-refractivity contribution is -0.139. The van der Waals surface area contributed by atoms with Crippen LogP contribution in [0.5, 0.6) is 0 Å². The molecule has 0 amide bonds. The highest BCUT2D eigenvalue weighted by atomic mass is 19.4. The highest BCUT2D eigenvalue weighted by Gasteiger charge is 2.34. The second kappa shape index (κ2) is 4.62. The number of anilines is 2. The van der Waals surface area contributed by atoms with Gasteiger partial charge in [0.2, 0.25) is 5.88 Å². The number of pyridine rings is 1. The molecule has 0 aliphatic heterocycles. The van der Waals surface area contributed by atoms with Gasteiger partial charge in [-0.2, -0.15) is 13.2 Å². The van der Waals surface area contributed by atoms with Crippen molar-refractivity contribution < 1.29 is 22.0 Å². The fraction of sp³-hybridized carbons (Fsp3) is 0.0714. The molecule has 0 saturated heterocycles. The summed E-state index contributed by atoms with van der Waals surface area (Å²) in [5.74, 6) is -1.41. The van der Waals surface area contributed by atoms with Gasteiger partial charge in [0.1, 0.15) is 17.2 Å². The van der Waals surface area contributed by atoms with Crippen LogP contribution in [0.3, 0.4) is 0 Å². The van der Waals surface area contributed by atoms with E-state index in [4.69, 9.17) is 15.9 Å². The van der Waals surface area contributed by atoms with Crippen LogP contribution in [0.1, 0.15) is 5.56 Å². The third-order valence-corrected chi connectivity index (χ3v) is 3.22. The first-order chi connectivity index (χ1) is 10.3. The van der Waals surface area contributed by atoms with E-state index < -0.39 is 17.6 Å². The molecule has 0 fully saturated rings. The Morgan fingerprint density at radius 2 is 1.82 bits per heavy atom. The summed E-state index contributed by atoms with van der Waals surface area (Å²) in [5.41, 5.74) is 10.4. The fourth-order valence-corrected chi connectivity index (χ4v) is 2.16. The number of rotatable bonds is 1. The summed E-state index contributed by atoms with van der Waals surface area (Å²) in [6.45, 7) is 0. The lowest BCUT2D eigenvalue weighted by Crippen LogP contribution is -2.08. The van der Waals surface area contributed by atoms with Gasteiger partial charge < -0.3 is 15.9 Å². The molecule has 2 heterocycles. The summed E-state index contributed by atoms with van der Waals surface area (Å²) in [4.78, 5) is 3.99. The molecule has 0 unspecified atom stereocenters. The Labute approximate surface area is 121 Å². The quantitative estimate of drug-likeness (QED) is 0.670. The van der Waals surface area contributed by atoms with E-state index in [1.165, 1.54) is 18.3 Å². The van der Waals surface area contributed by atoms with Gasteiger partial charge in [0.05, 0.1) is 5.56 Å². The number of nitrogen functional groups attached to an aromatic ring is 2. The SMILES string of the molecule is Nc1oc2c(-c3ccc(F)c(C(F)(F)F)c3)nccc2c1N. The third-order valence-electron chi connectivity index (χ3n) is 3.22. The van der Waals surface area contributed by atoms with E-state index in [1.54, 1.807) is 0 Å². The van der Waals surface area contributed by atoms with E-state index >= 15 is 0 Å². The van der Waals surface area contributed by atoms with Crippen molar-refractivity contribution in [3.8, 4) is 11.3 Å². The highest BCUT2D eigenvalue weighted by Crippen LogP contribution is 2.38. The van der Waals surface area contributed by atoms with Crippen LogP contribution in [0.25, 0.3) is 22.2 Å². The van der Waals surface area contributed by atoms with E-state index in [9.17, 15) is 17.6 Å². The van der Waals surface area contributed by atoms with Crippen LogP contribution >= 0.6 is 0 Å². The molecule has 0 spiro atoms. The zero-order valence-electron chi connectivity index (χ0n) is 10.9. The molecular formula is C14H9F4N3O. The minimum absolute atomic E-state index is 0.0491. The van der Waals surface area contributed by atoms with E-state index in [2.05, 4.69) is 4.98 Å². The van der Waals surface area contributed by atoms with E-state index in [-0.39, 0.29) is 28.4 Å². The summed E-state index contributed by atoms with van der Waals surface area (Å²) in [7, 11) is 0. The minimum atomic E-state index is -4.81. The highest BCUT2D eigenvalue weighted by molar-refractivity contribution is 6.01. The van der Waals surface area contributed by atoms with Gasteiger partial charge in [-0.05, 0) is 24.3 Å². The van der Waals surface area contributed by atoms with Crippen molar-refractivity contribution in [1.29, 1.82) is 0 Å². The molecule has 2 aromatic heterocycles. The van der Waals surface area contributed by atoms with E-state index in [1.807, 2.05) is 0 Å². The summed E-state index contributed by atoms with van der Waals surface area (Å²) in [5, 5.41) is 0.431. The van der Waals surface area contributed by atoms with Crippen molar-refractivity contribution in [3.63, 3.8) is 0 Å². The Morgan fingerprint density at radius 3 is 2.50 bits per heavy atom. The van der Waals surface area contributed by atoms with Gasteiger partial charge in [0.15, 0.2) is 5.58 Å². The normalized spacial score (nSPS) is 12.0. The van der Waals surface area contributed by atoms with Crippen molar-refractivity contribution in [2.45, 2.75) is 6.18 Å². The summed E-state index contributed by atoms with van der Waals surface area (Å²) in [6.07, 6.45) is -3.45. The van der Waals surface area contributed by atoms with Gasteiger partial charge in [-0.1, -0.05) is 0 Å². The lowest BCUT2D eigenvalue weighted by atomic mass is 10.1. The molecule has 8 heteroatoms. The Hall–Kier alpha value is -2.77. The maximum atomic E-state index is 13.4. The zero-order chi connectivity index (χ0) is 16.1. The van der Waals surface area contributed by atoms with Crippen LogP contribution in [-0.4, -0.2) is 4.98 Å². The zero-order valence-corrected chi connectivity index (χ0v) is 10.9. The number of hydrogen-bond acceptors (Lipinski definition) is 4. The minimum Gasteiger partial charge on any atom is -0.436 e. The number of furan rings is 1. The summed E-state index contributed by atoms with van der Waals surface area (Å²) in [6, 6.07) is 4.11. The van der Waals surface area contributed by atoms with Gasteiger partial charge in [0, 0.05) is 17.1 Å². The molecule has 22 heavy (non-hydrogen) atoms. The van der Waals surface area contributed by atoms with Crippen molar-refractivity contribution in [3.05, 3.63) is 41.8 Å². The first kappa shape index (κ1) is 14.2. The predicted molar refractivity (Wildman–Crippen MR) is 73.2 cm³/mol. The first-order valence-corrected chi connectivity index (χ1v) is 6.08. The van der Waals surface area contributed by atoms with Crippen LogP contribution in [0.2, 0.25) is 0 Å². The molecule has 114 valence electrons. The Bertz CT molecular complexity index is 870. The van der Waals surface area contributed by atoms with Gasteiger partial charge in [-0.3, -0.25) is 4.98 Å². The molecule has 4 N–H and O–H groups in total. The molecule has 1 aromatic carbocycles. The van der Waals surface area contributed by atoms with Crippen LogP contribution in [-0.2, 0) is 6.18 Å². The fourth-order valence-electron chi connectivity index (χ4n) is 2.16. The van der Waals surface area contributed by atoms with Crippen LogP contribution in [0.15, 0.2) is 34.9 Å². The number of nitrogens with two attached hydrogens (primary N) is 2. The molecule has 0 radical (unpaired) electrons. The number of alkyl halides is 3. The lowest BCUT2D eigenvalue weighted by Gasteiger charge is -2.10. The number of fused-ring (bicyclic) bond motifs is 1. The third kappa shape index (κ3) is 2.12. The van der Waals surface area contributed by atoms with E-state index in [0.29, 0.717) is 11.5 Å². The maximum Gasteiger partial charge on any atom is 0.419 e. The summed E-state index contributed by atoms with van der Waals surface area (Å²) < 4.78 is 57.0. The molecular weight excluding hydrogens is 302 g/mol. The summed E-state index contributed by atoms with van der Waals surface area (Å²) >= 11 is 0. The van der Waals surface area contributed by atoms with Crippen molar-refractivity contribution in [2.75, 3.05) is 11.5 Å². The van der Waals surface area contributed by atoms with Crippen molar-refractivity contribution in [1.82, 2.24) is 4.98 Å². The molecule has 0 atom stereocenters. The molecule has 3 aromatic rings. The number of aromatic nitrogens is 1. The van der Waals surface area contributed by atoms with Crippen molar-refractivity contribution >= 4 is 22.5 Å². The largest absolute Gasteiger partial charge is 0.436 e. The second-order valence-corrected chi connectivity index (χ2v) is 4.61. The van der Waals surface area contributed by atoms with Gasteiger partial charge in [-0.15, -0.1) is 0 Å². The molecule has 0 aliphatic rings. The van der Waals surface area contributed by atoms with Gasteiger partial charge >= 0.3 is 6.18 Å². The van der Waals surface area contributed by atoms with Gasteiger partial charge in [-0.25, -0.2) is 4.39 Å². The van der Waals surface area contributed by atoms with Crippen LogP contribution in [0, 0.1) is 5.82 Å². The average molecular weight is 311 g/mol. The first-order valence-electron chi connectivity index (χ1n) is 6.08. The number of hydrogen-bond donors (Lipinski definition) is 2. The number of benzene rings is 1. The van der Waals surface area contributed by atoms with Crippen LogP contribution in [0.4, 0.5) is 29.1 Å². The maximum absolute atomic E-state index is 13.4. The Balaban J connectivity index is 2.27. The predicted octanol–water partition coefficient (Wildman–Crippen LogP) is 3.82. The topological polar surface area (TPSA) is 78.1 Å².